The van der Waals surface area contributed by atoms with Gasteiger partial charge in [0.1, 0.15) is 12.0 Å². The summed E-state index contributed by atoms with van der Waals surface area (Å²) in [5, 5.41) is 0. The van der Waals surface area contributed by atoms with E-state index >= 15 is 0 Å². The van der Waals surface area contributed by atoms with Crippen LogP contribution in [0.25, 0.3) is 5.57 Å². The molecule has 0 fully saturated rings. The van der Waals surface area contributed by atoms with Crippen molar-refractivity contribution < 1.29 is 23.5 Å². The molecule has 148 valence electrons. The molecule has 2 rings (SSSR count). The number of hydrogen-bond acceptors (Lipinski definition) is 5. The first-order valence-corrected chi connectivity index (χ1v) is 8.53. The summed E-state index contributed by atoms with van der Waals surface area (Å²) in [6, 6.07) is 9.67. The predicted molar refractivity (Wildman–Crippen MR) is 106 cm³/mol. The van der Waals surface area contributed by atoms with Crippen LogP contribution in [0.3, 0.4) is 0 Å². The van der Waals surface area contributed by atoms with Gasteiger partial charge in [-0.15, -0.1) is 0 Å². The first kappa shape index (κ1) is 21.0. The Morgan fingerprint density at radius 1 is 1.21 bits per heavy atom. The van der Waals surface area contributed by atoms with Crippen molar-refractivity contribution in [2.45, 2.75) is 13.3 Å². The molecule has 0 bridgehead atoms. The van der Waals surface area contributed by atoms with Crippen molar-refractivity contribution in [1.29, 1.82) is 0 Å². The molecule has 0 spiro atoms. The van der Waals surface area contributed by atoms with Crippen LogP contribution < -0.4 is 15.2 Å². The number of carbonyl (C=O) groups excluding carboxylic acids is 2. The molecule has 0 unspecified atom stereocenters. The zero-order chi connectivity index (χ0) is 20.8. The number of methoxy groups -OCH3 is 1. The maximum absolute atomic E-state index is 14.5. The van der Waals surface area contributed by atoms with E-state index in [0.717, 1.165) is 11.8 Å². The lowest BCUT2D eigenvalue weighted by atomic mass is 9.96. The molecule has 2 aromatic rings. The number of halogens is 1. The SMILES string of the molecule is COc1cc(OC(=O)N(C)C)c(F)cc1/C(C)=C(\C=O)Cc1cccc(N)c1. The Balaban J connectivity index is 2.45. The highest BCUT2D eigenvalue weighted by Crippen LogP contribution is 2.34. The number of nitrogens with two attached hydrogens (primary N) is 1. The van der Waals surface area contributed by atoms with E-state index in [9.17, 15) is 14.0 Å². The van der Waals surface area contributed by atoms with Crippen LogP contribution in [0.5, 0.6) is 11.5 Å². The molecular formula is C21H23FN2O4. The third-order valence-corrected chi connectivity index (χ3v) is 4.19. The molecule has 0 aliphatic rings. The number of nitrogen functional groups attached to an aromatic ring is 1. The van der Waals surface area contributed by atoms with Gasteiger partial charge in [0.15, 0.2) is 11.6 Å². The van der Waals surface area contributed by atoms with E-state index in [4.69, 9.17) is 15.2 Å². The van der Waals surface area contributed by atoms with E-state index in [1.807, 2.05) is 6.07 Å². The fraction of sp³-hybridized carbons (Fsp3) is 0.238. The van der Waals surface area contributed by atoms with Crippen LogP contribution in [-0.4, -0.2) is 38.5 Å². The van der Waals surface area contributed by atoms with Crippen LogP contribution in [0.15, 0.2) is 42.0 Å². The highest BCUT2D eigenvalue weighted by Gasteiger charge is 2.18. The molecule has 2 aromatic carbocycles. The summed E-state index contributed by atoms with van der Waals surface area (Å²) < 4.78 is 24.9. The second kappa shape index (κ2) is 9.03. The van der Waals surface area contributed by atoms with Crippen molar-refractivity contribution >= 4 is 23.6 Å². The fourth-order valence-corrected chi connectivity index (χ4v) is 2.62. The molecule has 0 saturated carbocycles. The number of hydrogen-bond donors (Lipinski definition) is 1. The molecule has 0 atom stereocenters. The van der Waals surface area contributed by atoms with Crippen LogP contribution in [0.2, 0.25) is 0 Å². The van der Waals surface area contributed by atoms with E-state index in [-0.39, 0.29) is 11.5 Å². The van der Waals surface area contributed by atoms with E-state index < -0.39 is 11.9 Å². The number of ether oxygens (including phenoxy) is 2. The largest absolute Gasteiger partial charge is 0.496 e. The number of rotatable bonds is 6. The van der Waals surface area contributed by atoms with Gasteiger partial charge in [0.25, 0.3) is 0 Å². The van der Waals surface area contributed by atoms with Gasteiger partial charge in [-0.3, -0.25) is 4.79 Å². The van der Waals surface area contributed by atoms with Crippen LogP contribution in [0, 0.1) is 5.82 Å². The molecule has 6 nitrogen and oxygen atoms in total. The van der Waals surface area contributed by atoms with Crippen molar-refractivity contribution in [3.8, 4) is 11.5 Å². The molecular weight excluding hydrogens is 363 g/mol. The van der Waals surface area contributed by atoms with Crippen molar-refractivity contribution in [2.75, 3.05) is 26.9 Å². The minimum absolute atomic E-state index is 0.254. The molecule has 0 aliphatic carbocycles. The van der Waals surface area contributed by atoms with Crippen LogP contribution in [-0.2, 0) is 11.2 Å². The number of anilines is 1. The Hall–Kier alpha value is -3.35. The molecule has 0 radical (unpaired) electrons. The normalized spacial score (nSPS) is 11.5. The summed E-state index contributed by atoms with van der Waals surface area (Å²) in [5.74, 6) is -0.706. The third kappa shape index (κ3) is 4.88. The Morgan fingerprint density at radius 3 is 2.50 bits per heavy atom. The van der Waals surface area contributed by atoms with Gasteiger partial charge < -0.3 is 20.1 Å². The second-order valence-corrected chi connectivity index (χ2v) is 6.44. The van der Waals surface area contributed by atoms with E-state index in [1.165, 1.54) is 38.2 Å². The Bertz CT molecular complexity index is 923. The molecule has 7 heteroatoms. The van der Waals surface area contributed by atoms with Gasteiger partial charge in [-0.05, 0) is 41.8 Å². The number of allylic oxidation sites excluding steroid dienone is 2. The number of amides is 1. The molecule has 0 aromatic heterocycles. The monoisotopic (exact) mass is 386 g/mol. The topological polar surface area (TPSA) is 81.9 Å². The number of nitrogens with zero attached hydrogens (tertiary/aromatic N) is 1. The molecule has 0 heterocycles. The average molecular weight is 386 g/mol. The van der Waals surface area contributed by atoms with Crippen LogP contribution in [0.1, 0.15) is 18.1 Å². The lowest BCUT2D eigenvalue weighted by Crippen LogP contribution is -2.25. The molecule has 0 saturated heterocycles. The Kier molecular flexibility index (Phi) is 6.76. The van der Waals surface area contributed by atoms with Gasteiger partial charge >= 0.3 is 6.09 Å². The minimum atomic E-state index is -0.737. The summed E-state index contributed by atoms with van der Waals surface area (Å²) in [7, 11) is 4.40. The number of carbonyl (C=O) groups is 2. The zero-order valence-corrected chi connectivity index (χ0v) is 16.3. The van der Waals surface area contributed by atoms with E-state index in [0.29, 0.717) is 28.8 Å². The van der Waals surface area contributed by atoms with E-state index in [2.05, 4.69) is 0 Å². The van der Waals surface area contributed by atoms with Crippen molar-refractivity contribution in [1.82, 2.24) is 4.90 Å². The van der Waals surface area contributed by atoms with Gasteiger partial charge in [-0.2, -0.15) is 0 Å². The summed E-state index contributed by atoms with van der Waals surface area (Å²) in [5.41, 5.74) is 8.65. The fourth-order valence-electron chi connectivity index (χ4n) is 2.62. The van der Waals surface area contributed by atoms with Gasteiger partial charge in [-0.25, -0.2) is 9.18 Å². The van der Waals surface area contributed by atoms with Gasteiger partial charge in [0, 0.05) is 37.8 Å². The van der Waals surface area contributed by atoms with Crippen molar-refractivity contribution in [3.05, 3.63) is 58.9 Å². The maximum atomic E-state index is 14.5. The predicted octanol–water partition coefficient (Wildman–Crippen LogP) is 3.69. The molecule has 28 heavy (non-hydrogen) atoms. The Morgan fingerprint density at radius 2 is 1.93 bits per heavy atom. The summed E-state index contributed by atoms with van der Waals surface area (Å²) in [4.78, 5) is 24.6. The summed E-state index contributed by atoms with van der Waals surface area (Å²) >= 11 is 0. The van der Waals surface area contributed by atoms with E-state index in [1.54, 1.807) is 25.1 Å². The summed E-state index contributed by atoms with van der Waals surface area (Å²) in [6.45, 7) is 1.71. The smallest absolute Gasteiger partial charge is 0.414 e. The first-order chi connectivity index (χ1) is 13.3. The van der Waals surface area contributed by atoms with Gasteiger partial charge in [0.2, 0.25) is 0 Å². The maximum Gasteiger partial charge on any atom is 0.414 e. The highest BCUT2D eigenvalue weighted by molar-refractivity contribution is 5.89. The van der Waals surface area contributed by atoms with Gasteiger partial charge in [-0.1, -0.05) is 12.1 Å². The van der Waals surface area contributed by atoms with Crippen LogP contribution >= 0.6 is 0 Å². The number of benzene rings is 2. The first-order valence-electron chi connectivity index (χ1n) is 8.53. The van der Waals surface area contributed by atoms with Crippen molar-refractivity contribution in [3.63, 3.8) is 0 Å². The molecule has 2 N–H and O–H groups in total. The lowest BCUT2D eigenvalue weighted by Gasteiger charge is -2.16. The lowest BCUT2D eigenvalue weighted by molar-refractivity contribution is -0.104. The second-order valence-electron chi connectivity index (χ2n) is 6.44. The van der Waals surface area contributed by atoms with Gasteiger partial charge in [0.05, 0.1) is 7.11 Å². The quantitative estimate of drug-likeness (QED) is 0.465. The van der Waals surface area contributed by atoms with Crippen LogP contribution in [0.4, 0.5) is 14.9 Å². The minimum Gasteiger partial charge on any atom is -0.496 e. The zero-order valence-electron chi connectivity index (χ0n) is 16.3. The average Bonchev–Trinajstić information content (AvgIpc) is 2.66. The Labute approximate surface area is 163 Å². The van der Waals surface area contributed by atoms with Crippen molar-refractivity contribution in [2.24, 2.45) is 0 Å². The molecule has 0 aliphatic heterocycles. The number of aldehydes is 1. The highest BCUT2D eigenvalue weighted by atomic mass is 19.1. The third-order valence-electron chi connectivity index (χ3n) is 4.19. The standard InChI is InChI=1S/C21H23FN2O4/c1-13(15(12-25)8-14-6-5-7-16(23)9-14)17-10-18(22)20(11-19(17)27-4)28-21(26)24(2)3/h5-7,9-12H,8,23H2,1-4H3/b15-13-. The summed E-state index contributed by atoms with van der Waals surface area (Å²) in [6.07, 6.45) is 0.356. The molecule has 1 amide bonds.